The first-order valence-corrected chi connectivity index (χ1v) is 12.3. The van der Waals surface area contributed by atoms with Crippen LogP contribution in [0.2, 0.25) is 0 Å². The van der Waals surface area contributed by atoms with E-state index in [1.54, 1.807) is 37.0 Å². The first kappa shape index (κ1) is 24.8. The molecule has 2 aliphatic rings. The number of carbonyl (C=O) groups is 2. The fraction of sp³-hybridized carbons (Fsp3) is 0.370. The van der Waals surface area contributed by atoms with Gasteiger partial charge in [-0.2, -0.15) is 5.10 Å². The highest BCUT2D eigenvalue weighted by atomic mass is 19.1. The number of nitrogens with one attached hydrogen (secondary N) is 1. The zero-order valence-electron chi connectivity index (χ0n) is 20.7. The summed E-state index contributed by atoms with van der Waals surface area (Å²) in [5, 5.41) is 16.2. The summed E-state index contributed by atoms with van der Waals surface area (Å²) in [4.78, 5) is 27.8. The Kier molecular flexibility index (Phi) is 6.84. The van der Waals surface area contributed by atoms with E-state index in [1.165, 1.54) is 30.3 Å². The molecule has 0 saturated carbocycles. The van der Waals surface area contributed by atoms with E-state index >= 15 is 4.39 Å². The summed E-state index contributed by atoms with van der Waals surface area (Å²) in [6, 6.07) is 10.8. The molecule has 2 aromatic carbocycles. The van der Waals surface area contributed by atoms with Gasteiger partial charge in [0.2, 0.25) is 0 Å². The fourth-order valence-corrected chi connectivity index (χ4v) is 5.01. The molecule has 2 fully saturated rings. The van der Waals surface area contributed by atoms with E-state index in [2.05, 4.69) is 10.4 Å². The highest BCUT2D eigenvalue weighted by molar-refractivity contribution is 6.04. The van der Waals surface area contributed by atoms with Gasteiger partial charge < -0.3 is 24.8 Å². The molecule has 1 unspecified atom stereocenters. The number of aliphatic hydroxyl groups excluding tert-OH is 1. The SMILES string of the molecule is CC(CO)Oc1cc(Oc2ccc(C(=O)N3C4CCC3CC4)cc2F)cc(C(=O)Nc2ccn(C)n2)c1. The van der Waals surface area contributed by atoms with Crippen molar-refractivity contribution in [3.8, 4) is 17.2 Å². The van der Waals surface area contributed by atoms with Crippen LogP contribution in [0.5, 0.6) is 17.2 Å². The van der Waals surface area contributed by atoms with Crippen molar-refractivity contribution in [3.05, 3.63) is 65.6 Å². The van der Waals surface area contributed by atoms with Crippen LogP contribution in [0.25, 0.3) is 0 Å². The molecule has 3 heterocycles. The number of aromatic nitrogens is 2. The Morgan fingerprint density at radius 2 is 1.78 bits per heavy atom. The zero-order valence-corrected chi connectivity index (χ0v) is 20.7. The Hall–Kier alpha value is -3.92. The minimum Gasteiger partial charge on any atom is -0.488 e. The van der Waals surface area contributed by atoms with Gasteiger partial charge in [0.25, 0.3) is 11.8 Å². The van der Waals surface area contributed by atoms with Gasteiger partial charge in [0.05, 0.1) is 6.61 Å². The molecule has 9 nitrogen and oxygen atoms in total. The Labute approximate surface area is 213 Å². The van der Waals surface area contributed by atoms with Gasteiger partial charge in [-0.15, -0.1) is 0 Å². The van der Waals surface area contributed by atoms with Crippen molar-refractivity contribution in [1.82, 2.24) is 14.7 Å². The van der Waals surface area contributed by atoms with Crippen LogP contribution in [0.15, 0.2) is 48.7 Å². The molecule has 2 amide bonds. The molecule has 5 rings (SSSR count). The summed E-state index contributed by atoms with van der Waals surface area (Å²) >= 11 is 0. The van der Waals surface area contributed by atoms with Gasteiger partial charge in [-0.25, -0.2) is 4.39 Å². The summed E-state index contributed by atoms with van der Waals surface area (Å²) in [5.74, 6) is -0.616. The maximum Gasteiger partial charge on any atom is 0.257 e. The van der Waals surface area contributed by atoms with Crippen LogP contribution in [0.4, 0.5) is 10.2 Å². The van der Waals surface area contributed by atoms with E-state index in [1.807, 2.05) is 4.90 Å². The Morgan fingerprint density at radius 1 is 1.08 bits per heavy atom. The van der Waals surface area contributed by atoms with Crippen LogP contribution in [0.1, 0.15) is 53.3 Å². The van der Waals surface area contributed by atoms with E-state index in [-0.39, 0.29) is 53.0 Å². The molecule has 1 aromatic heterocycles. The number of hydrogen-bond donors (Lipinski definition) is 2. The van der Waals surface area contributed by atoms with E-state index in [0.717, 1.165) is 25.7 Å². The number of rotatable bonds is 8. The maximum absolute atomic E-state index is 15.1. The van der Waals surface area contributed by atoms with Crippen molar-refractivity contribution in [2.75, 3.05) is 11.9 Å². The predicted octanol–water partition coefficient (Wildman–Crippen LogP) is 4.13. The molecule has 2 N–H and O–H groups in total. The first-order chi connectivity index (χ1) is 17.8. The van der Waals surface area contributed by atoms with E-state index in [4.69, 9.17) is 9.47 Å². The number of ether oxygens (including phenoxy) is 2. The number of fused-ring (bicyclic) bond motifs is 2. The predicted molar refractivity (Wildman–Crippen MR) is 133 cm³/mol. The molecular weight excluding hydrogens is 479 g/mol. The van der Waals surface area contributed by atoms with E-state index in [0.29, 0.717) is 5.82 Å². The number of carbonyl (C=O) groups excluding carboxylic acids is 2. The Morgan fingerprint density at radius 3 is 2.41 bits per heavy atom. The van der Waals surface area contributed by atoms with Crippen molar-refractivity contribution >= 4 is 17.6 Å². The van der Waals surface area contributed by atoms with Crippen LogP contribution in [-0.4, -0.2) is 56.4 Å². The Balaban J connectivity index is 1.37. The molecule has 2 saturated heterocycles. The van der Waals surface area contributed by atoms with Crippen molar-refractivity contribution in [3.63, 3.8) is 0 Å². The minimum absolute atomic E-state index is 0.0932. The molecule has 37 heavy (non-hydrogen) atoms. The van der Waals surface area contributed by atoms with Gasteiger partial charge in [0, 0.05) is 48.6 Å². The second-order valence-electron chi connectivity index (χ2n) is 9.55. The second kappa shape index (κ2) is 10.2. The van der Waals surface area contributed by atoms with Crippen molar-refractivity contribution in [1.29, 1.82) is 0 Å². The lowest BCUT2D eigenvalue weighted by molar-refractivity contribution is 0.0729. The second-order valence-corrected chi connectivity index (χ2v) is 9.55. The molecule has 2 bridgehead atoms. The number of nitrogens with zero attached hydrogens (tertiary/aromatic N) is 3. The lowest BCUT2D eigenvalue weighted by Gasteiger charge is -2.22. The zero-order chi connectivity index (χ0) is 26.1. The van der Waals surface area contributed by atoms with Gasteiger partial charge in [-0.05, 0) is 62.9 Å². The van der Waals surface area contributed by atoms with Gasteiger partial charge in [0.1, 0.15) is 17.6 Å². The smallest absolute Gasteiger partial charge is 0.257 e. The average molecular weight is 509 g/mol. The average Bonchev–Trinajstić information content (AvgIpc) is 3.60. The molecule has 0 aliphatic carbocycles. The van der Waals surface area contributed by atoms with E-state index in [9.17, 15) is 14.7 Å². The molecule has 2 aliphatic heterocycles. The fourth-order valence-electron chi connectivity index (χ4n) is 5.01. The van der Waals surface area contributed by atoms with Crippen LogP contribution in [0, 0.1) is 5.82 Å². The molecule has 3 aromatic rings. The van der Waals surface area contributed by atoms with Crippen LogP contribution in [0.3, 0.4) is 0 Å². The van der Waals surface area contributed by atoms with Crippen LogP contribution < -0.4 is 14.8 Å². The number of hydrogen-bond acceptors (Lipinski definition) is 6. The number of benzene rings is 2. The van der Waals surface area contributed by atoms with Crippen molar-refractivity contribution < 1.29 is 28.6 Å². The van der Waals surface area contributed by atoms with Gasteiger partial charge >= 0.3 is 0 Å². The summed E-state index contributed by atoms with van der Waals surface area (Å²) in [6.45, 7) is 1.44. The molecule has 0 radical (unpaired) electrons. The van der Waals surface area contributed by atoms with Crippen molar-refractivity contribution in [2.45, 2.75) is 50.8 Å². The molecule has 194 valence electrons. The first-order valence-electron chi connectivity index (χ1n) is 12.3. The minimum atomic E-state index is -0.688. The topological polar surface area (TPSA) is 106 Å². The summed E-state index contributed by atoms with van der Waals surface area (Å²) in [5.41, 5.74) is 0.480. The highest BCUT2D eigenvalue weighted by Crippen LogP contribution is 2.39. The monoisotopic (exact) mass is 508 g/mol. The summed E-state index contributed by atoms with van der Waals surface area (Å²) < 4.78 is 28.1. The highest BCUT2D eigenvalue weighted by Gasteiger charge is 2.42. The number of anilines is 1. The third-order valence-corrected chi connectivity index (χ3v) is 6.79. The molecule has 0 spiro atoms. The third-order valence-electron chi connectivity index (χ3n) is 6.79. The number of aliphatic hydroxyl groups is 1. The molecular formula is C27H29FN4O5. The normalized spacial score (nSPS) is 19.1. The third kappa shape index (κ3) is 5.29. The lowest BCUT2D eigenvalue weighted by Crippen LogP contribution is -2.35. The number of aryl methyl sites for hydroxylation is 1. The van der Waals surface area contributed by atoms with Gasteiger partial charge in [-0.1, -0.05) is 0 Å². The van der Waals surface area contributed by atoms with Gasteiger partial charge in [-0.3, -0.25) is 14.3 Å². The number of amides is 2. The van der Waals surface area contributed by atoms with Crippen LogP contribution >= 0.6 is 0 Å². The summed E-state index contributed by atoms with van der Waals surface area (Å²) in [6.07, 6.45) is 5.17. The van der Waals surface area contributed by atoms with Gasteiger partial charge in [0.15, 0.2) is 17.4 Å². The number of halogens is 1. The van der Waals surface area contributed by atoms with Crippen molar-refractivity contribution in [2.24, 2.45) is 7.05 Å². The Bertz CT molecular complexity index is 1310. The quantitative estimate of drug-likeness (QED) is 0.474. The largest absolute Gasteiger partial charge is 0.488 e. The van der Waals surface area contributed by atoms with Crippen LogP contribution in [-0.2, 0) is 7.05 Å². The maximum atomic E-state index is 15.1. The van der Waals surface area contributed by atoms with E-state index < -0.39 is 17.8 Å². The standard InChI is InChI=1S/C27H29FN4O5/c1-16(15-33)36-21-11-18(26(34)29-25-9-10-31(2)30-25)12-22(14-21)37-24-8-3-17(13-23(24)28)27(35)32-19-4-5-20(32)7-6-19/h3,8-14,16,19-20,33H,4-7,15H2,1-2H3,(H,29,30,34). The molecule has 1 atom stereocenters. The molecule has 10 heteroatoms. The summed E-state index contributed by atoms with van der Waals surface area (Å²) in [7, 11) is 1.73. The lowest BCUT2D eigenvalue weighted by atomic mass is 10.0.